The first-order valence-electron chi connectivity index (χ1n) is 7.16. The number of hydrogen-bond donors (Lipinski definition) is 1. The van der Waals surface area contributed by atoms with Crippen molar-refractivity contribution in [1.82, 2.24) is 9.78 Å². The van der Waals surface area contributed by atoms with E-state index < -0.39 is 23.1 Å². The lowest BCUT2D eigenvalue weighted by Crippen LogP contribution is -2.30. The third kappa shape index (κ3) is 3.15. The van der Waals surface area contributed by atoms with E-state index >= 15 is 0 Å². The summed E-state index contributed by atoms with van der Waals surface area (Å²) >= 11 is 0. The molecule has 3 rings (SSSR count). The molecule has 0 unspecified atom stereocenters. The average Bonchev–Trinajstić information content (AvgIpc) is 2.51. The van der Waals surface area contributed by atoms with E-state index in [1.165, 1.54) is 0 Å². The average molecular weight is 329 g/mol. The van der Waals surface area contributed by atoms with Gasteiger partial charge in [0.1, 0.15) is 18.2 Å². The van der Waals surface area contributed by atoms with Crippen molar-refractivity contribution in [3.63, 3.8) is 0 Å². The van der Waals surface area contributed by atoms with Gasteiger partial charge in [-0.1, -0.05) is 18.2 Å². The summed E-state index contributed by atoms with van der Waals surface area (Å²) in [5, 5.41) is 7.63. The fraction of sp³-hybridized carbons (Fsp3) is 0.118. The van der Waals surface area contributed by atoms with E-state index in [9.17, 15) is 18.4 Å². The zero-order chi connectivity index (χ0) is 17.3. The molecule has 122 valence electrons. The monoisotopic (exact) mass is 329 g/mol. The lowest BCUT2D eigenvalue weighted by atomic mass is 10.1. The second-order valence-electron chi connectivity index (χ2n) is 5.30. The molecule has 0 aliphatic heterocycles. The number of rotatable bonds is 3. The molecule has 7 heteroatoms. The minimum Gasteiger partial charge on any atom is -0.324 e. The number of anilines is 1. The van der Waals surface area contributed by atoms with Gasteiger partial charge in [-0.15, -0.1) is 0 Å². The van der Waals surface area contributed by atoms with Crippen LogP contribution in [0.3, 0.4) is 0 Å². The summed E-state index contributed by atoms with van der Waals surface area (Å²) in [5.41, 5.74) is 0.176. The number of halogens is 2. The van der Waals surface area contributed by atoms with Gasteiger partial charge < -0.3 is 5.32 Å². The van der Waals surface area contributed by atoms with Crippen LogP contribution in [0.15, 0.2) is 47.3 Å². The highest BCUT2D eigenvalue weighted by atomic mass is 19.1. The van der Waals surface area contributed by atoms with E-state index in [1.54, 1.807) is 31.2 Å². The van der Waals surface area contributed by atoms with E-state index in [4.69, 9.17) is 0 Å². The summed E-state index contributed by atoms with van der Waals surface area (Å²) in [6.07, 6.45) is 0. The Bertz CT molecular complexity index is 979. The van der Waals surface area contributed by atoms with Gasteiger partial charge in [0.25, 0.3) is 5.56 Å². The Hall–Kier alpha value is -3.09. The van der Waals surface area contributed by atoms with E-state index in [0.29, 0.717) is 22.5 Å². The van der Waals surface area contributed by atoms with Crippen LogP contribution < -0.4 is 10.9 Å². The van der Waals surface area contributed by atoms with Crippen molar-refractivity contribution in [3.05, 3.63) is 70.1 Å². The van der Waals surface area contributed by atoms with Crippen molar-refractivity contribution < 1.29 is 13.6 Å². The van der Waals surface area contributed by atoms with Crippen LogP contribution in [0.25, 0.3) is 10.8 Å². The highest BCUT2D eigenvalue weighted by molar-refractivity contribution is 5.91. The molecular formula is C17H13F2N3O2. The van der Waals surface area contributed by atoms with Gasteiger partial charge in [0, 0.05) is 17.1 Å². The molecule has 0 radical (unpaired) electrons. The number of aromatic nitrogens is 2. The quantitative estimate of drug-likeness (QED) is 0.803. The van der Waals surface area contributed by atoms with Gasteiger partial charge >= 0.3 is 0 Å². The molecule has 24 heavy (non-hydrogen) atoms. The van der Waals surface area contributed by atoms with Crippen molar-refractivity contribution in [1.29, 1.82) is 0 Å². The molecule has 0 saturated heterocycles. The van der Waals surface area contributed by atoms with Gasteiger partial charge in [-0.2, -0.15) is 5.10 Å². The number of hydrogen-bond acceptors (Lipinski definition) is 3. The van der Waals surface area contributed by atoms with E-state index in [0.717, 1.165) is 16.8 Å². The van der Waals surface area contributed by atoms with Gasteiger partial charge in [0.05, 0.1) is 11.1 Å². The molecule has 1 amide bonds. The maximum atomic E-state index is 13.1. The predicted octanol–water partition coefficient (Wildman–Crippen LogP) is 2.62. The predicted molar refractivity (Wildman–Crippen MR) is 85.7 cm³/mol. The Labute approximate surface area is 135 Å². The van der Waals surface area contributed by atoms with Crippen molar-refractivity contribution in [3.8, 4) is 0 Å². The van der Waals surface area contributed by atoms with E-state index in [2.05, 4.69) is 10.4 Å². The number of nitrogens with one attached hydrogen (secondary N) is 1. The molecule has 1 N–H and O–H groups in total. The molecule has 0 bridgehead atoms. The van der Waals surface area contributed by atoms with Crippen molar-refractivity contribution in [2.24, 2.45) is 0 Å². The highest BCUT2D eigenvalue weighted by Gasteiger charge is 2.11. The van der Waals surface area contributed by atoms with E-state index in [-0.39, 0.29) is 12.2 Å². The standard InChI is InChI=1S/C17H13F2N3O2/c1-10-14-4-2-3-5-15(14)17(24)22(21-10)9-16(23)20-13-7-11(18)6-12(19)8-13/h2-8H,9H2,1H3,(H,20,23). The molecule has 1 heterocycles. The second kappa shape index (κ2) is 6.19. The largest absolute Gasteiger partial charge is 0.324 e. The Morgan fingerprint density at radius 2 is 1.75 bits per heavy atom. The van der Waals surface area contributed by atoms with Crippen molar-refractivity contribution in [2.75, 3.05) is 5.32 Å². The van der Waals surface area contributed by atoms with Crippen molar-refractivity contribution >= 4 is 22.4 Å². The summed E-state index contributed by atoms with van der Waals surface area (Å²) in [6.45, 7) is 1.38. The van der Waals surface area contributed by atoms with E-state index in [1.807, 2.05) is 0 Å². The molecule has 0 fully saturated rings. The van der Waals surface area contributed by atoms with Crippen LogP contribution >= 0.6 is 0 Å². The Morgan fingerprint density at radius 1 is 1.12 bits per heavy atom. The van der Waals surface area contributed by atoms with Crippen LogP contribution in [0.5, 0.6) is 0 Å². The van der Waals surface area contributed by atoms with Crippen LogP contribution in [0.1, 0.15) is 5.69 Å². The molecule has 0 saturated carbocycles. The van der Waals surface area contributed by atoms with Gasteiger partial charge in [0.2, 0.25) is 5.91 Å². The zero-order valence-corrected chi connectivity index (χ0v) is 12.7. The molecule has 0 atom stereocenters. The summed E-state index contributed by atoms with van der Waals surface area (Å²) in [5.74, 6) is -2.21. The van der Waals surface area contributed by atoms with Gasteiger partial charge in [0.15, 0.2) is 0 Å². The fourth-order valence-electron chi connectivity index (χ4n) is 2.47. The lowest BCUT2D eigenvalue weighted by molar-refractivity contribution is -0.117. The third-order valence-electron chi connectivity index (χ3n) is 3.49. The van der Waals surface area contributed by atoms with Crippen molar-refractivity contribution in [2.45, 2.75) is 13.5 Å². The number of amides is 1. The van der Waals surface area contributed by atoms with Crippen LogP contribution in [0, 0.1) is 18.6 Å². The Balaban J connectivity index is 1.88. The molecular weight excluding hydrogens is 316 g/mol. The number of aryl methyl sites for hydroxylation is 1. The molecule has 0 aliphatic carbocycles. The molecule has 0 spiro atoms. The van der Waals surface area contributed by atoms with Crippen LogP contribution in [-0.2, 0) is 11.3 Å². The Kier molecular flexibility index (Phi) is 4.07. The SMILES string of the molecule is Cc1nn(CC(=O)Nc2cc(F)cc(F)c2)c(=O)c2ccccc12. The molecule has 1 aromatic heterocycles. The number of benzene rings is 2. The summed E-state index contributed by atoms with van der Waals surface area (Å²) in [6, 6.07) is 9.64. The minimum atomic E-state index is -0.804. The van der Waals surface area contributed by atoms with Crippen LogP contribution in [0.4, 0.5) is 14.5 Å². The second-order valence-corrected chi connectivity index (χ2v) is 5.30. The van der Waals surface area contributed by atoms with Crippen LogP contribution in [0.2, 0.25) is 0 Å². The van der Waals surface area contributed by atoms with Gasteiger partial charge in [-0.25, -0.2) is 13.5 Å². The number of carbonyl (C=O) groups excluding carboxylic acids is 1. The first-order valence-corrected chi connectivity index (χ1v) is 7.16. The zero-order valence-electron chi connectivity index (χ0n) is 12.7. The topological polar surface area (TPSA) is 64.0 Å². The molecule has 3 aromatic rings. The summed E-state index contributed by atoms with van der Waals surface area (Å²) in [7, 11) is 0. The summed E-state index contributed by atoms with van der Waals surface area (Å²) in [4.78, 5) is 24.4. The normalized spacial score (nSPS) is 10.8. The molecule has 5 nitrogen and oxygen atoms in total. The lowest BCUT2D eigenvalue weighted by Gasteiger charge is -2.09. The maximum absolute atomic E-state index is 13.1. The first kappa shape index (κ1) is 15.8. The smallest absolute Gasteiger partial charge is 0.275 e. The fourth-order valence-corrected chi connectivity index (χ4v) is 2.47. The minimum absolute atomic E-state index is 0.0249. The van der Waals surface area contributed by atoms with Gasteiger partial charge in [-0.05, 0) is 25.1 Å². The number of fused-ring (bicyclic) bond motifs is 1. The van der Waals surface area contributed by atoms with Crippen LogP contribution in [-0.4, -0.2) is 15.7 Å². The Morgan fingerprint density at radius 3 is 2.42 bits per heavy atom. The third-order valence-corrected chi connectivity index (χ3v) is 3.49. The van der Waals surface area contributed by atoms with Gasteiger partial charge in [-0.3, -0.25) is 9.59 Å². The maximum Gasteiger partial charge on any atom is 0.275 e. The highest BCUT2D eigenvalue weighted by Crippen LogP contribution is 2.14. The number of carbonyl (C=O) groups is 1. The molecule has 2 aromatic carbocycles. The molecule has 0 aliphatic rings. The number of nitrogens with zero attached hydrogens (tertiary/aromatic N) is 2. The summed E-state index contributed by atoms with van der Waals surface area (Å²) < 4.78 is 27.3. The first-order chi connectivity index (χ1) is 11.4.